The van der Waals surface area contributed by atoms with Gasteiger partial charge in [0.2, 0.25) is 0 Å². The molecule has 0 spiro atoms. The van der Waals surface area contributed by atoms with E-state index in [1.807, 2.05) is 92.7 Å². The lowest BCUT2D eigenvalue weighted by Gasteiger charge is -2.05. The minimum Gasteiger partial charge on any atom is -0.252 e. The highest BCUT2D eigenvalue weighted by Crippen LogP contribution is 2.14. The molecule has 0 saturated heterocycles. The van der Waals surface area contributed by atoms with Crippen LogP contribution in [0, 0.1) is 0 Å². The second-order valence-electron chi connectivity index (χ2n) is 5.47. The first-order chi connectivity index (χ1) is 11.7. The van der Waals surface area contributed by atoms with Gasteiger partial charge < -0.3 is 0 Å². The van der Waals surface area contributed by atoms with Gasteiger partial charge in [-0.2, -0.15) is 0 Å². The smallest absolute Gasteiger partial charge is 0.0849 e. The molecule has 2 aromatic carbocycles. The number of benzene rings is 2. The monoisotopic (exact) mass is 313 g/mol. The lowest BCUT2D eigenvalue weighted by atomic mass is 10.2. The fourth-order valence-electron chi connectivity index (χ4n) is 2.34. The van der Waals surface area contributed by atoms with Crippen LogP contribution in [0.3, 0.4) is 0 Å². The van der Waals surface area contributed by atoms with E-state index in [2.05, 4.69) is 9.98 Å². The second-order valence-corrected chi connectivity index (χ2v) is 5.47. The summed E-state index contributed by atoms with van der Waals surface area (Å²) in [6.45, 7) is 3.95. The molecule has 1 aromatic heterocycles. The highest BCUT2D eigenvalue weighted by atomic mass is 14.8. The first-order valence-electron chi connectivity index (χ1n) is 7.91. The normalized spacial score (nSPS) is 12.2. The van der Waals surface area contributed by atoms with Gasteiger partial charge in [-0.15, -0.1) is 0 Å². The number of para-hydroxylation sites is 2. The number of pyridine rings is 1. The van der Waals surface area contributed by atoms with E-state index < -0.39 is 0 Å². The highest BCUT2D eigenvalue weighted by molar-refractivity contribution is 6.02. The Hall–Kier alpha value is -3.07. The quantitative estimate of drug-likeness (QED) is 0.597. The van der Waals surface area contributed by atoms with Crippen LogP contribution in [-0.4, -0.2) is 16.4 Å². The van der Waals surface area contributed by atoms with Crippen molar-refractivity contribution < 1.29 is 0 Å². The van der Waals surface area contributed by atoms with Crippen LogP contribution in [0.5, 0.6) is 0 Å². The molecule has 0 amide bonds. The predicted octanol–water partition coefficient (Wildman–Crippen LogP) is 5.36. The largest absolute Gasteiger partial charge is 0.252 e. The number of hydrogen-bond donors (Lipinski definition) is 0. The van der Waals surface area contributed by atoms with Gasteiger partial charge in [0.1, 0.15) is 0 Å². The molecule has 118 valence electrons. The third kappa shape index (κ3) is 4.02. The van der Waals surface area contributed by atoms with Crippen molar-refractivity contribution in [2.45, 2.75) is 13.8 Å². The van der Waals surface area contributed by atoms with Crippen LogP contribution in [0.2, 0.25) is 0 Å². The summed E-state index contributed by atoms with van der Waals surface area (Å²) in [6, 6.07) is 25.7. The first-order valence-corrected chi connectivity index (χ1v) is 7.91. The SMILES string of the molecule is CC(=Nc1ccccc1)c1cccc(C(C)=Nc2ccccc2)n1. The zero-order valence-electron chi connectivity index (χ0n) is 13.8. The molecule has 0 fully saturated rings. The van der Waals surface area contributed by atoms with E-state index in [1.54, 1.807) is 0 Å². The maximum atomic E-state index is 4.70. The summed E-state index contributed by atoms with van der Waals surface area (Å²) in [5, 5.41) is 0. The molecular formula is C21H19N3. The number of rotatable bonds is 4. The molecule has 0 aliphatic rings. The summed E-state index contributed by atoms with van der Waals surface area (Å²) in [5.74, 6) is 0. The fourth-order valence-corrected chi connectivity index (χ4v) is 2.34. The van der Waals surface area contributed by atoms with E-state index in [0.29, 0.717) is 0 Å². The van der Waals surface area contributed by atoms with E-state index in [4.69, 9.17) is 4.98 Å². The van der Waals surface area contributed by atoms with E-state index in [9.17, 15) is 0 Å². The molecule has 0 radical (unpaired) electrons. The number of nitrogens with zero attached hydrogens (tertiary/aromatic N) is 3. The third-order valence-electron chi connectivity index (χ3n) is 3.60. The molecule has 1 heterocycles. The molecule has 0 saturated carbocycles. The van der Waals surface area contributed by atoms with Crippen LogP contribution in [0.4, 0.5) is 11.4 Å². The first kappa shape index (κ1) is 15.8. The number of hydrogen-bond acceptors (Lipinski definition) is 3. The molecule has 3 rings (SSSR count). The van der Waals surface area contributed by atoms with Gasteiger partial charge in [0, 0.05) is 0 Å². The van der Waals surface area contributed by atoms with Gasteiger partial charge in [-0.25, -0.2) is 4.98 Å². The Labute approximate surface area is 142 Å². The summed E-state index contributed by atoms with van der Waals surface area (Å²) in [5.41, 5.74) is 5.35. The van der Waals surface area contributed by atoms with Crippen LogP contribution in [-0.2, 0) is 0 Å². The Bertz CT molecular complexity index is 795. The van der Waals surface area contributed by atoms with Gasteiger partial charge in [0.25, 0.3) is 0 Å². The molecule has 0 N–H and O–H groups in total. The minimum atomic E-state index is 0.860. The van der Waals surface area contributed by atoms with Crippen molar-refractivity contribution in [3.63, 3.8) is 0 Å². The van der Waals surface area contributed by atoms with Crippen LogP contribution in [0.15, 0.2) is 88.8 Å². The average molecular weight is 313 g/mol. The van der Waals surface area contributed by atoms with E-state index >= 15 is 0 Å². The maximum absolute atomic E-state index is 4.70. The van der Waals surface area contributed by atoms with E-state index in [-0.39, 0.29) is 0 Å². The molecular weight excluding hydrogens is 294 g/mol. The number of aliphatic imine (C=N–C) groups is 2. The molecule has 24 heavy (non-hydrogen) atoms. The van der Waals surface area contributed by atoms with Gasteiger partial charge in [-0.05, 0) is 50.2 Å². The van der Waals surface area contributed by atoms with Gasteiger partial charge >= 0.3 is 0 Å². The molecule has 0 bridgehead atoms. The third-order valence-corrected chi connectivity index (χ3v) is 3.60. The lowest BCUT2D eigenvalue weighted by molar-refractivity contribution is 1.24. The molecule has 3 aromatic rings. The zero-order valence-corrected chi connectivity index (χ0v) is 13.8. The van der Waals surface area contributed by atoms with E-state index in [0.717, 1.165) is 34.2 Å². The lowest BCUT2D eigenvalue weighted by Crippen LogP contribution is -2.04. The molecule has 0 aliphatic carbocycles. The van der Waals surface area contributed by atoms with Gasteiger partial charge in [-0.1, -0.05) is 42.5 Å². The van der Waals surface area contributed by atoms with Gasteiger partial charge in [-0.3, -0.25) is 9.98 Å². The fraction of sp³-hybridized carbons (Fsp3) is 0.0952. The average Bonchev–Trinajstić information content (AvgIpc) is 2.63. The van der Waals surface area contributed by atoms with Crippen molar-refractivity contribution >= 4 is 22.8 Å². The summed E-state index contributed by atoms with van der Waals surface area (Å²) in [6.07, 6.45) is 0. The van der Waals surface area contributed by atoms with Crippen molar-refractivity contribution in [3.05, 3.63) is 90.3 Å². The zero-order chi connectivity index (χ0) is 16.8. The Morgan fingerprint density at radius 3 is 1.42 bits per heavy atom. The molecule has 3 nitrogen and oxygen atoms in total. The minimum absolute atomic E-state index is 0.860. The Balaban J connectivity index is 1.89. The number of aromatic nitrogens is 1. The Morgan fingerprint density at radius 1 is 0.583 bits per heavy atom. The highest BCUT2D eigenvalue weighted by Gasteiger charge is 2.04. The van der Waals surface area contributed by atoms with Gasteiger partial charge in [0.05, 0.1) is 34.2 Å². The molecule has 0 unspecified atom stereocenters. The predicted molar refractivity (Wildman–Crippen MR) is 101 cm³/mol. The summed E-state index contributed by atoms with van der Waals surface area (Å²) in [7, 11) is 0. The Kier molecular flexibility index (Phi) is 4.92. The molecule has 0 aliphatic heterocycles. The van der Waals surface area contributed by atoms with Crippen LogP contribution in [0.25, 0.3) is 0 Å². The van der Waals surface area contributed by atoms with Crippen LogP contribution in [0.1, 0.15) is 25.2 Å². The van der Waals surface area contributed by atoms with Gasteiger partial charge in [0.15, 0.2) is 0 Å². The Morgan fingerprint density at radius 2 is 1.00 bits per heavy atom. The topological polar surface area (TPSA) is 37.6 Å². The van der Waals surface area contributed by atoms with Crippen molar-refractivity contribution in [3.8, 4) is 0 Å². The van der Waals surface area contributed by atoms with Crippen molar-refractivity contribution in [1.82, 2.24) is 4.98 Å². The second kappa shape index (κ2) is 7.47. The summed E-state index contributed by atoms with van der Waals surface area (Å²) < 4.78 is 0. The van der Waals surface area contributed by atoms with Crippen LogP contribution < -0.4 is 0 Å². The summed E-state index contributed by atoms with van der Waals surface area (Å²) in [4.78, 5) is 14.0. The van der Waals surface area contributed by atoms with E-state index in [1.165, 1.54) is 0 Å². The summed E-state index contributed by atoms with van der Waals surface area (Å²) >= 11 is 0. The molecule has 3 heteroatoms. The van der Waals surface area contributed by atoms with Crippen LogP contribution >= 0.6 is 0 Å². The maximum Gasteiger partial charge on any atom is 0.0849 e. The van der Waals surface area contributed by atoms with Crippen molar-refractivity contribution in [2.24, 2.45) is 9.98 Å². The molecule has 0 atom stereocenters. The standard InChI is InChI=1S/C21H19N3/c1-16(22-18-10-5-3-6-11-18)20-14-9-15-21(24-20)17(2)23-19-12-7-4-8-13-19/h3-15H,1-2H3. The van der Waals surface area contributed by atoms with Crippen molar-refractivity contribution in [1.29, 1.82) is 0 Å². The van der Waals surface area contributed by atoms with Crippen molar-refractivity contribution in [2.75, 3.05) is 0 Å².